The zero-order valence-electron chi connectivity index (χ0n) is 6.46. The summed E-state index contributed by atoms with van der Waals surface area (Å²) in [5, 5.41) is 11.4. The number of rotatable bonds is 2. The van der Waals surface area contributed by atoms with Crippen LogP contribution in [0.5, 0.6) is 0 Å². The highest BCUT2D eigenvalue weighted by atomic mass is 16.5. The maximum absolute atomic E-state index is 8.32. The average Bonchev–Trinajstić information content (AvgIpc) is 2.40. The fourth-order valence-electron chi connectivity index (χ4n) is 0.937. The van der Waals surface area contributed by atoms with Crippen molar-refractivity contribution in [1.82, 2.24) is 10.8 Å². The summed E-state index contributed by atoms with van der Waals surface area (Å²) in [5.74, 6) is 0. The third-order valence-electron chi connectivity index (χ3n) is 1.43. The normalized spacial score (nSPS) is 20.5. The van der Waals surface area contributed by atoms with Crippen LogP contribution >= 0.6 is 0 Å². The Morgan fingerprint density at radius 3 is 3.18 bits per heavy atom. The van der Waals surface area contributed by atoms with Crippen LogP contribution in [0.15, 0.2) is 35.7 Å². The highest BCUT2D eigenvalue weighted by Crippen LogP contribution is 2.05. The van der Waals surface area contributed by atoms with Gasteiger partial charge in [-0.1, -0.05) is 6.08 Å². The van der Waals surface area contributed by atoms with Gasteiger partial charge in [-0.2, -0.15) is 0 Å². The molecule has 1 rings (SSSR count). The van der Waals surface area contributed by atoms with Gasteiger partial charge in [0.2, 0.25) is 0 Å². The van der Waals surface area contributed by atoms with Gasteiger partial charge in [0.25, 0.3) is 0 Å². The standard InChI is InChI=1S/C8H12N2O/c1-7(5-10-11)4-8-2-3-9-6-8/h2-5,9-11H,6H2,1H3/b7-5-,8-4-. The molecule has 1 aliphatic rings. The minimum atomic E-state index is 0.872. The molecule has 0 bridgehead atoms. The number of nitrogens with one attached hydrogen (secondary N) is 2. The number of hydroxylamine groups is 1. The Kier molecular flexibility index (Phi) is 2.74. The van der Waals surface area contributed by atoms with E-state index in [1.54, 1.807) is 6.20 Å². The van der Waals surface area contributed by atoms with Crippen LogP contribution < -0.4 is 10.8 Å². The first-order valence-corrected chi connectivity index (χ1v) is 3.50. The van der Waals surface area contributed by atoms with Crippen molar-refractivity contribution in [2.45, 2.75) is 6.92 Å². The molecule has 0 aromatic carbocycles. The van der Waals surface area contributed by atoms with Gasteiger partial charge in [-0.3, -0.25) is 10.7 Å². The van der Waals surface area contributed by atoms with E-state index in [0.717, 1.165) is 12.1 Å². The first kappa shape index (κ1) is 7.88. The smallest absolute Gasteiger partial charge is 0.0395 e. The second-order valence-corrected chi connectivity index (χ2v) is 2.45. The molecule has 0 saturated heterocycles. The third kappa shape index (κ3) is 2.47. The van der Waals surface area contributed by atoms with Crippen molar-refractivity contribution in [2.75, 3.05) is 6.54 Å². The highest BCUT2D eigenvalue weighted by molar-refractivity contribution is 5.32. The van der Waals surface area contributed by atoms with Crippen LogP contribution in [0.2, 0.25) is 0 Å². The molecule has 0 aliphatic carbocycles. The van der Waals surface area contributed by atoms with Gasteiger partial charge in [0.1, 0.15) is 0 Å². The van der Waals surface area contributed by atoms with Gasteiger partial charge in [-0.05, 0) is 30.3 Å². The van der Waals surface area contributed by atoms with Gasteiger partial charge < -0.3 is 5.32 Å². The monoisotopic (exact) mass is 152 g/mol. The molecule has 0 saturated carbocycles. The van der Waals surface area contributed by atoms with Gasteiger partial charge in [0.05, 0.1) is 0 Å². The van der Waals surface area contributed by atoms with Gasteiger partial charge >= 0.3 is 0 Å². The Labute approximate surface area is 66.1 Å². The minimum absolute atomic E-state index is 0.872. The number of allylic oxidation sites excluding steroid dienone is 2. The fraction of sp³-hybridized carbons (Fsp3) is 0.250. The lowest BCUT2D eigenvalue weighted by molar-refractivity contribution is 0.213. The van der Waals surface area contributed by atoms with Crippen LogP contribution in [0.25, 0.3) is 0 Å². The molecule has 1 aliphatic heterocycles. The predicted molar refractivity (Wildman–Crippen MR) is 43.9 cm³/mol. The van der Waals surface area contributed by atoms with Gasteiger partial charge in [-0.25, -0.2) is 0 Å². The lowest BCUT2D eigenvalue weighted by Gasteiger charge is -1.94. The van der Waals surface area contributed by atoms with Crippen LogP contribution in [0.4, 0.5) is 0 Å². The number of hydrogen-bond acceptors (Lipinski definition) is 3. The summed E-state index contributed by atoms with van der Waals surface area (Å²) in [6.45, 7) is 2.79. The molecule has 3 heteroatoms. The molecule has 0 aromatic heterocycles. The zero-order valence-corrected chi connectivity index (χ0v) is 6.46. The van der Waals surface area contributed by atoms with E-state index in [4.69, 9.17) is 5.21 Å². The SMILES string of the molecule is CC(=C/NO)/C=C1/C=CNC1. The second-order valence-electron chi connectivity index (χ2n) is 2.45. The molecule has 11 heavy (non-hydrogen) atoms. The van der Waals surface area contributed by atoms with Gasteiger partial charge in [0, 0.05) is 12.7 Å². The van der Waals surface area contributed by atoms with Gasteiger partial charge in [-0.15, -0.1) is 0 Å². The molecule has 0 fully saturated rings. The fourth-order valence-corrected chi connectivity index (χ4v) is 0.937. The van der Waals surface area contributed by atoms with Crippen molar-refractivity contribution in [3.63, 3.8) is 0 Å². The van der Waals surface area contributed by atoms with Crippen LogP contribution in [-0.2, 0) is 0 Å². The van der Waals surface area contributed by atoms with E-state index >= 15 is 0 Å². The third-order valence-corrected chi connectivity index (χ3v) is 1.43. The van der Waals surface area contributed by atoms with Crippen molar-refractivity contribution in [3.05, 3.63) is 35.7 Å². The molecular weight excluding hydrogens is 140 g/mol. The summed E-state index contributed by atoms with van der Waals surface area (Å²) < 4.78 is 0. The Morgan fingerprint density at radius 2 is 2.64 bits per heavy atom. The van der Waals surface area contributed by atoms with Crippen molar-refractivity contribution < 1.29 is 5.21 Å². The quantitative estimate of drug-likeness (QED) is 0.515. The van der Waals surface area contributed by atoms with Crippen LogP contribution in [0.1, 0.15) is 6.92 Å². The molecule has 3 nitrogen and oxygen atoms in total. The van der Waals surface area contributed by atoms with Crippen LogP contribution in [0.3, 0.4) is 0 Å². The maximum atomic E-state index is 8.32. The van der Waals surface area contributed by atoms with Gasteiger partial charge in [0.15, 0.2) is 0 Å². The predicted octanol–water partition coefficient (Wildman–Crippen LogP) is 0.912. The Balaban J connectivity index is 2.57. The Hall–Kier alpha value is -1.22. The highest BCUT2D eigenvalue weighted by Gasteiger charge is 1.96. The second kappa shape index (κ2) is 3.83. The maximum Gasteiger partial charge on any atom is 0.0395 e. The van der Waals surface area contributed by atoms with Crippen LogP contribution in [-0.4, -0.2) is 11.8 Å². The first-order valence-electron chi connectivity index (χ1n) is 3.50. The molecular formula is C8H12N2O. The van der Waals surface area contributed by atoms with E-state index < -0.39 is 0 Å². The molecule has 0 amide bonds. The molecule has 3 N–H and O–H groups in total. The summed E-state index contributed by atoms with van der Waals surface area (Å²) in [4.78, 5) is 0. The summed E-state index contributed by atoms with van der Waals surface area (Å²) >= 11 is 0. The van der Waals surface area contributed by atoms with Crippen molar-refractivity contribution in [1.29, 1.82) is 0 Å². The molecule has 0 unspecified atom stereocenters. The Bertz CT molecular complexity index is 216. The minimum Gasteiger partial charge on any atom is -0.387 e. The van der Waals surface area contributed by atoms with E-state index in [1.807, 2.05) is 30.8 Å². The molecule has 0 radical (unpaired) electrons. The molecule has 0 spiro atoms. The largest absolute Gasteiger partial charge is 0.387 e. The summed E-state index contributed by atoms with van der Waals surface area (Å²) in [7, 11) is 0. The Morgan fingerprint density at radius 1 is 1.82 bits per heavy atom. The van der Waals surface area contributed by atoms with E-state index in [-0.39, 0.29) is 0 Å². The molecule has 60 valence electrons. The summed E-state index contributed by atoms with van der Waals surface area (Å²) in [6, 6.07) is 0. The van der Waals surface area contributed by atoms with E-state index in [2.05, 4.69) is 5.32 Å². The average molecular weight is 152 g/mol. The topological polar surface area (TPSA) is 44.3 Å². The molecule has 0 atom stereocenters. The van der Waals surface area contributed by atoms with Crippen molar-refractivity contribution in [3.8, 4) is 0 Å². The van der Waals surface area contributed by atoms with E-state index in [9.17, 15) is 0 Å². The number of hydrogen-bond donors (Lipinski definition) is 3. The van der Waals surface area contributed by atoms with E-state index in [1.165, 1.54) is 5.57 Å². The van der Waals surface area contributed by atoms with Crippen LogP contribution in [0, 0.1) is 0 Å². The summed E-state index contributed by atoms with van der Waals surface area (Å²) in [6.07, 6.45) is 7.46. The van der Waals surface area contributed by atoms with Crippen molar-refractivity contribution >= 4 is 0 Å². The molecule has 0 aromatic rings. The zero-order chi connectivity index (χ0) is 8.10. The summed E-state index contributed by atoms with van der Waals surface area (Å²) in [5.41, 5.74) is 4.20. The van der Waals surface area contributed by atoms with Crippen molar-refractivity contribution in [2.24, 2.45) is 0 Å². The molecule has 1 heterocycles. The van der Waals surface area contributed by atoms with E-state index in [0.29, 0.717) is 0 Å². The first-order chi connectivity index (χ1) is 5.33. The lowest BCUT2D eigenvalue weighted by atomic mass is 10.2. The lowest BCUT2D eigenvalue weighted by Crippen LogP contribution is -2.00.